The smallest absolute Gasteiger partial charge is 0.299 e. The fourth-order valence-corrected chi connectivity index (χ4v) is 1.76. The number of benzene rings is 1. The molecule has 0 aliphatic carbocycles. The van der Waals surface area contributed by atoms with Gasteiger partial charge in [0, 0.05) is 6.54 Å². The van der Waals surface area contributed by atoms with Crippen LogP contribution in [0.5, 0.6) is 10.9 Å². The number of aromatic nitrogens is 2. The quantitative estimate of drug-likeness (QED) is 0.892. The van der Waals surface area contributed by atoms with Crippen LogP contribution in [0, 0.1) is 12.7 Å². The van der Waals surface area contributed by atoms with Crippen LogP contribution in [0.3, 0.4) is 0 Å². The van der Waals surface area contributed by atoms with E-state index in [2.05, 4.69) is 10.2 Å². The maximum absolute atomic E-state index is 12.8. The molecule has 84 valence electrons. The number of aryl methyl sites for hydroxylation is 1. The molecule has 0 fully saturated rings. The van der Waals surface area contributed by atoms with E-state index < -0.39 is 0 Å². The number of hydrogen-bond acceptors (Lipinski definition) is 5. The van der Waals surface area contributed by atoms with Crippen molar-refractivity contribution in [3.63, 3.8) is 0 Å². The third kappa shape index (κ3) is 2.34. The summed E-state index contributed by atoms with van der Waals surface area (Å²) in [7, 11) is 0. The third-order valence-electron chi connectivity index (χ3n) is 1.96. The predicted molar refractivity (Wildman–Crippen MR) is 59.0 cm³/mol. The monoisotopic (exact) mass is 239 g/mol. The average Bonchev–Trinajstić information content (AvgIpc) is 2.70. The number of nitrogens with zero attached hydrogens (tertiary/aromatic N) is 2. The Labute approximate surface area is 95.9 Å². The van der Waals surface area contributed by atoms with E-state index >= 15 is 0 Å². The Morgan fingerprint density at radius 2 is 2.25 bits per heavy atom. The van der Waals surface area contributed by atoms with Crippen LogP contribution in [0.4, 0.5) is 4.39 Å². The molecule has 2 aromatic rings. The molecule has 0 atom stereocenters. The normalized spacial score (nSPS) is 10.4. The molecule has 0 amide bonds. The van der Waals surface area contributed by atoms with Crippen LogP contribution in [-0.4, -0.2) is 10.2 Å². The van der Waals surface area contributed by atoms with Crippen molar-refractivity contribution in [3.8, 4) is 10.9 Å². The van der Waals surface area contributed by atoms with Crippen LogP contribution in [-0.2, 0) is 6.54 Å². The highest BCUT2D eigenvalue weighted by molar-refractivity contribution is 7.13. The highest BCUT2D eigenvalue weighted by atomic mass is 32.1. The van der Waals surface area contributed by atoms with Gasteiger partial charge in [0.05, 0.1) is 0 Å². The summed E-state index contributed by atoms with van der Waals surface area (Å²) in [6.45, 7) is 2.10. The van der Waals surface area contributed by atoms with Gasteiger partial charge in [-0.05, 0) is 30.7 Å². The second kappa shape index (κ2) is 4.54. The average molecular weight is 239 g/mol. The van der Waals surface area contributed by atoms with Crippen LogP contribution in [0.25, 0.3) is 0 Å². The molecule has 2 N–H and O–H groups in total. The number of ether oxygens (including phenoxy) is 1. The van der Waals surface area contributed by atoms with E-state index in [0.29, 0.717) is 28.1 Å². The van der Waals surface area contributed by atoms with Crippen LogP contribution in [0.15, 0.2) is 18.2 Å². The molecule has 0 aliphatic heterocycles. The third-order valence-corrected chi connectivity index (χ3v) is 2.78. The first-order valence-corrected chi connectivity index (χ1v) is 5.47. The van der Waals surface area contributed by atoms with Crippen LogP contribution < -0.4 is 10.5 Å². The van der Waals surface area contributed by atoms with Gasteiger partial charge in [0.15, 0.2) is 0 Å². The summed E-state index contributed by atoms with van der Waals surface area (Å²) in [5.74, 6) is 0.283. The number of nitrogens with two attached hydrogens (primary N) is 1. The predicted octanol–water partition coefficient (Wildman–Crippen LogP) is 2.24. The number of hydrogen-bond donors (Lipinski definition) is 1. The van der Waals surface area contributed by atoms with Gasteiger partial charge < -0.3 is 10.5 Å². The fraction of sp³-hybridized carbons (Fsp3) is 0.200. The molecular formula is C10H10FN3OS. The van der Waals surface area contributed by atoms with Gasteiger partial charge >= 0.3 is 0 Å². The molecule has 2 rings (SSSR count). The Hall–Kier alpha value is -1.53. The molecule has 0 unspecified atom stereocenters. The van der Waals surface area contributed by atoms with E-state index in [1.54, 1.807) is 13.0 Å². The lowest BCUT2D eigenvalue weighted by molar-refractivity contribution is 0.467. The highest BCUT2D eigenvalue weighted by Gasteiger charge is 2.07. The molecule has 1 aromatic heterocycles. The van der Waals surface area contributed by atoms with Crippen molar-refractivity contribution >= 4 is 11.3 Å². The molecule has 0 spiro atoms. The minimum atomic E-state index is -0.287. The summed E-state index contributed by atoms with van der Waals surface area (Å²) in [5, 5.41) is 8.76. The first-order chi connectivity index (χ1) is 7.69. The van der Waals surface area contributed by atoms with Crippen LogP contribution >= 0.6 is 11.3 Å². The minimum absolute atomic E-state index is 0.287. The van der Waals surface area contributed by atoms with Crippen molar-refractivity contribution < 1.29 is 9.13 Å². The molecular weight excluding hydrogens is 229 g/mol. The molecule has 0 saturated heterocycles. The van der Waals surface area contributed by atoms with Gasteiger partial charge in [-0.3, -0.25) is 0 Å². The molecule has 6 heteroatoms. The van der Waals surface area contributed by atoms with Crippen molar-refractivity contribution in [2.45, 2.75) is 13.5 Å². The van der Waals surface area contributed by atoms with Crippen LogP contribution in [0.2, 0.25) is 0 Å². The van der Waals surface area contributed by atoms with Gasteiger partial charge in [-0.15, -0.1) is 5.10 Å². The summed E-state index contributed by atoms with van der Waals surface area (Å²) < 4.78 is 18.3. The Balaban J connectivity index is 2.20. The summed E-state index contributed by atoms with van der Waals surface area (Å²) in [6.07, 6.45) is 0. The number of rotatable bonds is 3. The summed E-state index contributed by atoms with van der Waals surface area (Å²) >= 11 is 1.28. The SMILES string of the molecule is Cc1cc(F)ccc1Oc1nnc(CN)s1. The van der Waals surface area contributed by atoms with E-state index in [4.69, 9.17) is 10.5 Å². The lowest BCUT2D eigenvalue weighted by atomic mass is 10.2. The second-order valence-electron chi connectivity index (χ2n) is 3.18. The standard InChI is InChI=1S/C10H10FN3OS/c1-6-4-7(11)2-3-8(6)15-10-14-13-9(5-12)16-10/h2-4H,5,12H2,1H3. The zero-order chi connectivity index (χ0) is 11.5. The highest BCUT2D eigenvalue weighted by Crippen LogP contribution is 2.27. The van der Waals surface area contributed by atoms with E-state index in [1.165, 1.54) is 23.5 Å². The zero-order valence-electron chi connectivity index (χ0n) is 8.61. The van der Waals surface area contributed by atoms with Crippen molar-refractivity contribution in [2.24, 2.45) is 5.73 Å². The van der Waals surface area contributed by atoms with Crippen molar-refractivity contribution in [1.82, 2.24) is 10.2 Å². The van der Waals surface area contributed by atoms with Gasteiger partial charge in [0.1, 0.15) is 16.6 Å². The molecule has 0 saturated carbocycles. The Morgan fingerprint density at radius 1 is 1.44 bits per heavy atom. The number of halogens is 1. The lowest BCUT2D eigenvalue weighted by Gasteiger charge is -2.04. The van der Waals surface area contributed by atoms with Crippen LogP contribution in [0.1, 0.15) is 10.6 Å². The maximum atomic E-state index is 12.8. The van der Waals surface area contributed by atoms with Gasteiger partial charge in [-0.1, -0.05) is 16.4 Å². The molecule has 1 heterocycles. The summed E-state index contributed by atoms with van der Waals surface area (Å²) in [4.78, 5) is 0. The Kier molecular flexibility index (Phi) is 3.12. The van der Waals surface area contributed by atoms with E-state index in [-0.39, 0.29) is 5.82 Å². The zero-order valence-corrected chi connectivity index (χ0v) is 9.42. The van der Waals surface area contributed by atoms with Crippen molar-refractivity contribution in [2.75, 3.05) is 0 Å². The van der Waals surface area contributed by atoms with Crippen molar-refractivity contribution in [1.29, 1.82) is 0 Å². The molecule has 16 heavy (non-hydrogen) atoms. The lowest BCUT2D eigenvalue weighted by Crippen LogP contribution is -1.94. The molecule has 0 bridgehead atoms. The maximum Gasteiger partial charge on any atom is 0.299 e. The summed E-state index contributed by atoms with van der Waals surface area (Å²) in [5.41, 5.74) is 6.12. The second-order valence-corrected chi connectivity index (χ2v) is 4.20. The molecule has 0 aliphatic rings. The first kappa shape index (κ1) is 11.0. The topological polar surface area (TPSA) is 61.0 Å². The van der Waals surface area contributed by atoms with Gasteiger partial charge in [0.2, 0.25) is 0 Å². The van der Waals surface area contributed by atoms with Gasteiger partial charge in [0.25, 0.3) is 5.19 Å². The molecule has 0 radical (unpaired) electrons. The summed E-state index contributed by atoms with van der Waals surface area (Å²) in [6, 6.07) is 4.31. The van der Waals surface area contributed by atoms with E-state index in [9.17, 15) is 4.39 Å². The first-order valence-electron chi connectivity index (χ1n) is 4.65. The Bertz CT molecular complexity index is 501. The van der Waals surface area contributed by atoms with Crippen molar-refractivity contribution in [3.05, 3.63) is 34.6 Å². The Morgan fingerprint density at radius 3 is 2.88 bits per heavy atom. The molecule has 4 nitrogen and oxygen atoms in total. The van der Waals surface area contributed by atoms with E-state index in [1.807, 2.05) is 0 Å². The van der Waals surface area contributed by atoms with E-state index in [0.717, 1.165) is 0 Å². The van der Waals surface area contributed by atoms with Gasteiger partial charge in [-0.25, -0.2) is 4.39 Å². The fourth-order valence-electron chi connectivity index (χ4n) is 1.18. The largest absolute Gasteiger partial charge is 0.430 e. The van der Waals surface area contributed by atoms with Gasteiger partial charge in [-0.2, -0.15) is 0 Å². The minimum Gasteiger partial charge on any atom is -0.430 e. The molecule has 1 aromatic carbocycles.